The number of benzene rings is 2. The molecule has 3 aromatic rings. The lowest BCUT2D eigenvalue weighted by atomic mass is 10.1. The molecule has 1 aromatic heterocycles. The van der Waals surface area contributed by atoms with E-state index in [2.05, 4.69) is 41.8 Å². The Labute approximate surface area is 184 Å². The molecule has 164 valence electrons. The Morgan fingerprint density at radius 2 is 1.71 bits per heavy atom. The number of rotatable bonds is 10. The van der Waals surface area contributed by atoms with E-state index in [1.54, 1.807) is 44.4 Å². The first-order valence-electron chi connectivity index (χ1n) is 10.2. The third-order valence-electron chi connectivity index (χ3n) is 5.16. The molecule has 0 radical (unpaired) electrons. The van der Waals surface area contributed by atoms with Gasteiger partial charge in [-0.3, -0.25) is 4.79 Å². The molecule has 0 atom stereocenters. The molecule has 0 saturated carbocycles. The van der Waals surface area contributed by atoms with E-state index in [0.29, 0.717) is 36.8 Å². The van der Waals surface area contributed by atoms with E-state index in [4.69, 9.17) is 14.2 Å². The van der Waals surface area contributed by atoms with Crippen molar-refractivity contribution in [3.05, 3.63) is 83.2 Å². The first-order chi connectivity index (χ1) is 15.0. The zero-order chi connectivity index (χ0) is 22.2. The summed E-state index contributed by atoms with van der Waals surface area (Å²) in [4.78, 5) is 15.2. The van der Waals surface area contributed by atoms with Crippen LogP contribution in [0.25, 0.3) is 0 Å². The van der Waals surface area contributed by atoms with Gasteiger partial charge >= 0.3 is 0 Å². The molecule has 0 saturated heterocycles. The molecule has 6 heteroatoms. The number of hydrogen-bond acceptors (Lipinski definition) is 4. The summed E-state index contributed by atoms with van der Waals surface area (Å²) >= 11 is 0. The standard InChI is InChI=1S/C25H30N2O4/c1-19-7-5-8-20(13-19)17-26-10-6-9-22(26)18-27(11-12-29-2)25(28)21-14-23(30-3)16-24(15-21)31-4/h5-10,13-16H,11-12,17-18H2,1-4H3. The van der Waals surface area contributed by atoms with Crippen LogP contribution in [0, 0.1) is 6.92 Å². The molecule has 0 N–H and O–H groups in total. The Hall–Kier alpha value is -3.25. The van der Waals surface area contributed by atoms with Gasteiger partial charge in [0, 0.05) is 43.7 Å². The molecule has 0 unspecified atom stereocenters. The van der Waals surface area contributed by atoms with Crippen molar-refractivity contribution in [1.29, 1.82) is 0 Å². The van der Waals surface area contributed by atoms with Crippen LogP contribution in [0.4, 0.5) is 0 Å². The van der Waals surface area contributed by atoms with Crippen molar-refractivity contribution in [2.75, 3.05) is 34.5 Å². The number of amides is 1. The molecule has 1 heterocycles. The summed E-state index contributed by atoms with van der Waals surface area (Å²) in [5.41, 5.74) is 4.03. The molecule has 0 aliphatic carbocycles. The minimum Gasteiger partial charge on any atom is -0.497 e. The lowest BCUT2D eigenvalue weighted by molar-refractivity contribution is 0.0675. The molecular weight excluding hydrogens is 392 g/mol. The van der Waals surface area contributed by atoms with Gasteiger partial charge in [0.1, 0.15) is 11.5 Å². The number of carbonyl (C=O) groups is 1. The molecule has 2 aromatic carbocycles. The van der Waals surface area contributed by atoms with E-state index in [9.17, 15) is 4.79 Å². The van der Waals surface area contributed by atoms with E-state index in [0.717, 1.165) is 12.2 Å². The summed E-state index contributed by atoms with van der Waals surface area (Å²) in [7, 11) is 4.78. The summed E-state index contributed by atoms with van der Waals surface area (Å²) < 4.78 is 18.1. The van der Waals surface area contributed by atoms with Crippen molar-refractivity contribution in [2.45, 2.75) is 20.0 Å². The maximum absolute atomic E-state index is 13.4. The number of carbonyl (C=O) groups excluding carboxylic acids is 1. The summed E-state index contributed by atoms with van der Waals surface area (Å²) in [6, 6.07) is 17.7. The maximum atomic E-state index is 13.4. The second kappa shape index (κ2) is 10.7. The van der Waals surface area contributed by atoms with Crippen LogP contribution < -0.4 is 9.47 Å². The van der Waals surface area contributed by atoms with E-state index < -0.39 is 0 Å². The van der Waals surface area contributed by atoms with Crippen molar-refractivity contribution in [2.24, 2.45) is 0 Å². The molecule has 0 aliphatic rings. The normalized spacial score (nSPS) is 10.7. The van der Waals surface area contributed by atoms with Gasteiger partial charge in [-0.15, -0.1) is 0 Å². The number of methoxy groups -OCH3 is 3. The van der Waals surface area contributed by atoms with Crippen LogP contribution in [0.1, 0.15) is 27.2 Å². The molecule has 0 aliphatic heterocycles. The van der Waals surface area contributed by atoms with Gasteiger partial charge in [-0.2, -0.15) is 0 Å². The quantitative estimate of drug-likeness (QED) is 0.493. The van der Waals surface area contributed by atoms with E-state index >= 15 is 0 Å². The lowest BCUT2D eigenvalue weighted by Crippen LogP contribution is -2.34. The minimum absolute atomic E-state index is 0.0995. The van der Waals surface area contributed by atoms with Gasteiger partial charge < -0.3 is 23.7 Å². The third-order valence-corrected chi connectivity index (χ3v) is 5.16. The Balaban J connectivity index is 1.84. The van der Waals surface area contributed by atoms with E-state index in [1.165, 1.54) is 11.1 Å². The summed E-state index contributed by atoms with van der Waals surface area (Å²) in [5.74, 6) is 1.06. The first-order valence-corrected chi connectivity index (χ1v) is 10.2. The van der Waals surface area contributed by atoms with Crippen LogP contribution in [0.15, 0.2) is 60.8 Å². The van der Waals surface area contributed by atoms with Crippen LogP contribution in [0.3, 0.4) is 0 Å². The number of ether oxygens (including phenoxy) is 3. The zero-order valence-electron chi connectivity index (χ0n) is 18.6. The fraction of sp³-hybridized carbons (Fsp3) is 0.320. The van der Waals surface area contributed by atoms with Gasteiger partial charge in [0.15, 0.2) is 0 Å². The number of aromatic nitrogens is 1. The second-order valence-corrected chi connectivity index (χ2v) is 7.44. The van der Waals surface area contributed by atoms with Gasteiger partial charge in [-0.05, 0) is 36.8 Å². The van der Waals surface area contributed by atoms with Gasteiger partial charge in [-0.25, -0.2) is 0 Å². The highest BCUT2D eigenvalue weighted by Crippen LogP contribution is 2.24. The first kappa shape index (κ1) is 22.4. The largest absolute Gasteiger partial charge is 0.497 e. The Morgan fingerprint density at radius 1 is 0.968 bits per heavy atom. The molecular formula is C25H30N2O4. The van der Waals surface area contributed by atoms with Crippen LogP contribution in [0.5, 0.6) is 11.5 Å². The number of aryl methyl sites for hydroxylation is 1. The van der Waals surface area contributed by atoms with Crippen molar-refractivity contribution in [3.8, 4) is 11.5 Å². The second-order valence-electron chi connectivity index (χ2n) is 7.44. The molecule has 0 bridgehead atoms. The average Bonchev–Trinajstić information content (AvgIpc) is 3.22. The fourth-order valence-corrected chi connectivity index (χ4v) is 3.52. The van der Waals surface area contributed by atoms with E-state index in [1.807, 2.05) is 12.3 Å². The molecule has 31 heavy (non-hydrogen) atoms. The van der Waals surface area contributed by atoms with Gasteiger partial charge in [0.25, 0.3) is 5.91 Å². The summed E-state index contributed by atoms with van der Waals surface area (Å²) in [6.45, 7) is 4.24. The maximum Gasteiger partial charge on any atom is 0.254 e. The number of nitrogens with zero attached hydrogens (tertiary/aromatic N) is 2. The predicted molar refractivity (Wildman–Crippen MR) is 121 cm³/mol. The molecule has 1 amide bonds. The minimum atomic E-state index is -0.0995. The van der Waals surface area contributed by atoms with Crippen molar-refractivity contribution < 1.29 is 19.0 Å². The van der Waals surface area contributed by atoms with Crippen molar-refractivity contribution in [1.82, 2.24) is 9.47 Å². The monoisotopic (exact) mass is 422 g/mol. The Bertz CT molecular complexity index is 990. The van der Waals surface area contributed by atoms with Gasteiger partial charge in [-0.1, -0.05) is 29.8 Å². The SMILES string of the molecule is COCCN(Cc1cccn1Cc1cccc(C)c1)C(=O)c1cc(OC)cc(OC)c1. The highest BCUT2D eigenvalue weighted by Gasteiger charge is 2.19. The molecule has 0 fully saturated rings. The van der Waals surface area contributed by atoms with Crippen molar-refractivity contribution in [3.63, 3.8) is 0 Å². The Morgan fingerprint density at radius 3 is 2.35 bits per heavy atom. The topological polar surface area (TPSA) is 52.9 Å². The molecule has 0 spiro atoms. The van der Waals surface area contributed by atoms with Crippen LogP contribution in [-0.2, 0) is 17.8 Å². The predicted octanol–water partition coefficient (Wildman–Crippen LogP) is 4.15. The smallest absolute Gasteiger partial charge is 0.254 e. The summed E-state index contributed by atoms with van der Waals surface area (Å²) in [5, 5.41) is 0. The zero-order valence-corrected chi connectivity index (χ0v) is 18.6. The van der Waals surface area contributed by atoms with Crippen LogP contribution in [-0.4, -0.2) is 49.9 Å². The highest BCUT2D eigenvalue weighted by atomic mass is 16.5. The lowest BCUT2D eigenvalue weighted by Gasteiger charge is -2.24. The third kappa shape index (κ3) is 5.89. The highest BCUT2D eigenvalue weighted by molar-refractivity contribution is 5.95. The summed E-state index contributed by atoms with van der Waals surface area (Å²) in [6.07, 6.45) is 2.05. The average molecular weight is 423 g/mol. The van der Waals surface area contributed by atoms with Crippen molar-refractivity contribution >= 4 is 5.91 Å². The molecule has 3 rings (SSSR count). The van der Waals surface area contributed by atoms with Gasteiger partial charge in [0.2, 0.25) is 0 Å². The van der Waals surface area contributed by atoms with Crippen LogP contribution in [0.2, 0.25) is 0 Å². The molecule has 6 nitrogen and oxygen atoms in total. The van der Waals surface area contributed by atoms with E-state index in [-0.39, 0.29) is 5.91 Å². The number of hydrogen-bond donors (Lipinski definition) is 0. The van der Waals surface area contributed by atoms with Crippen LogP contribution >= 0.6 is 0 Å². The van der Waals surface area contributed by atoms with Gasteiger partial charge in [0.05, 0.1) is 27.4 Å². The fourth-order valence-electron chi connectivity index (χ4n) is 3.52. The Kier molecular flexibility index (Phi) is 7.73.